The highest BCUT2D eigenvalue weighted by atomic mass is 19.4. The molecule has 1 spiro atoms. The summed E-state index contributed by atoms with van der Waals surface area (Å²) < 4.78 is 37.7. The summed E-state index contributed by atoms with van der Waals surface area (Å²) >= 11 is 0. The van der Waals surface area contributed by atoms with Crippen molar-refractivity contribution in [2.75, 3.05) is 25.0 Å². The molecule has 6 rings (SSSR count). The number of carboxylic acid groups (broad SMARTS) is 1. The van der Waals surface area contributed by atoms with Crippen LogP contribution in [0.25, 0.3) is 10.9 Å². The predicted molar refractivity (Wildman–Crippen MR) is 127 cm³/mol. The topological polar surface area (TPSA) is 127 Å². The van der Waals surface area contributed by atoms with E-state index in [0.717, 1.165) is 48.5 Å². The Morgan fingerprint density at radius 2 is 2.16 bits per heavy atom. The number of H-pyrrole nitrogens is 1. The lowest BCUT2D eigenvalue weighted by Gasteiger charge is -2.34. The van der Waals surface area contributed by atoms with Crippen LogP contribution in [0.4, 0.5) is 19.1 Å². The number of alkyl halides is 3. The minimum absolute atomic E-state index is 0.0690. The van der Waals surface area contributed by atoms with Crippen molar-refractivity contribution in [1.82, 2.24) is 19.9 Å². The number of carboxylic acids is 1. The summed E-state index contributed by atoms with van der Waals surface area (Å²) in [4.78, 5) is 24.2. The number of likely N-dealkylation sites (tertiary alicyclic amines) is 1. The van der Waals surface area contributed by atoms with E-state index in [9.17, 15) is 18.4 Å². The quantitative estimate of drug-likeness (QED) is 0.481. The molecule has 2 fully saturated rings. The zero-order valence-electron chi connectivity index (χ0n) is 19.8. The molecule has 194 valence electrons. The summed E-state index contributed by atoms with van der Waals surface area (Å²) in [6.07, 6.45) is 2.38. The molecule has 3 aliphatic rings. The van der Waals surface area contributed by atoms with Gasteiger partial charge >= 0.3 is 12.1 Å². The summed E-state index contributed by atoms with van der Waals surface area (Å²) in [5.41, 5.74) is 5.22. The second kappa shape index (κ2) is 9.64. The number of halogens is 3. The third-order valence-electron chi connectivity index (χ3n) is 6.88. The number of carbonyl (C=O) groups is 1. The van der Waals surface area contributed by atoms with E-state index < -0.39 is 12.1 Å². The van der Waals surface area contributed by atoms with Crippen LogP contribution in [0.1, 0.15) is 41.6 Å². The fourth-order valence-electron chi connectivity index (χ4n) is 4.90. The molecule has 9 nitrogen and oxygen atoms in total. The normalized spacial score (nSPS) is 21.2. The zero-order chi connectivity index (χ0) is 26.2. The highest BCUT2D eigenvalue weighted by Gasteiger charge is 2.45. The molecule has 1 unspecified atom stereocenters. The molecule has 12 heteroatoms. The van der Waals surface area contributed by atoms with E-state index in [2.05, 4.69) is 32.5 Å². The summed E-state index contributed by atoms with van der Waals surface area (Å²) in [5.74, 6) is -2.00. The van der Waals surface area contributed by atoms with Gasteiger partial charge in [0.05, 0.1) is 36.0 Å². The van der Waals surface area contributed by atoms with E-state index in [0.29, 0.717) is 24.8 Å². The van der Waals surface area contributed by atoms with Gasteiger partial charge in [-0.2, -0.15) is 18.4 Å². The summed E-state index contributed by atoms with van der Waals surface area (Å²) in [6, 6.07) is 8.61. The third-order valence-corrected chi connectivity index (χ3v) is 6.88. The Morgan fingerprint density at radius 3 is 2.86 bits per heavy atom. The Kier molecular flexibility index (Phi) is 6.51. The number of anilines is 1. The number of rotatable bonds is 4. The number of nitrogens with zero attached hydrogens (tertiary/aromatic N) is 4. The van der Waals surface area contributed by atoms with Gasteiger partial charge in [0.15, 0.2) is 0 Å². The molecule has 1 aliphatic carbocycles. The molecule has 4 heterocycles. The van der Waals surface area contributed by atoms with E-state index in [-0.39, 0.29) is 5.41 Å². The van der Waals surface area contributed by atoms with Gasteiger partial charge < -0.3 is 20.1 Å². The number of nitrogens with one attached hydrogen (secondary N) is 2. The molecule has 1 saturated heterocycles. The molecule has 1 saturated carbocycles. The van der Waals surface area contributed by atoms with Crippen LogP contribution in [0.5, 0.6) is 0 Å². The molecule has 1 atom stereocenters. The van der Waals surface area contributed by atoms with Crippen LogP contribution in [0.2, 0.25) is 0 Å². The van der Waals surface area contributed by atoms with Gasteiger partial charge in [0.25, 0.3) is 0 Å². The Hall–Kier alpha value is -3.69. The lowest BCUT2D eigenvalue weighted by molar-refractivity contribution is -0.192. The number of aromatic amines is 1. The molecular weight excluding hydrogens is 489 g/mol. The molecule has 3 aromatic rings. The van der Waals surface area contributed by atoms with Crippen LogP contribution >= 0.6 is 0 Å². The summed E-state index contributed by atoms with van der Waals surface area (Å²) in [5, 5.41) is 20.9. The van der Waals surface area contributed by atoms with Gasteiger partial charge in [0.2, 0.25) is 5.95 Å². The third kappa shape index (κ3) is 5.38. The smallest absolute Gasteiger partial charge is 0.475 e. The standard InChI is InChI=1S/C23H24N6O.C2HF3O2/c24-8-15-1-4-20-19(7-15)16(9-25-20)11-29-6-5-23(13-29)14-30-12-17-10-26-22(28-21(17)23)27-18-2-3-18;3-2(4,5)1(6)7/h1,4,7,9-10,18,25H,2-3,5-6,11-14H2,(H,26,27,28);(H,6,7). The number of hydrogen-bond donors (Lipinski definition) is 3. The van der Waals surface area contributed by atoms with Crippen LogP contribution in [0.3, 0.4) is 0 Å². The van der Waals surface area contributed by atoms with E-state index in [1.165, 1.54) is 24.1 Å². The fourth-order valence-corrected chi connectivity index (χ4v) is 4.90. The Bertz CT molecular complexity index is 1360. The average molecular weight is 515 g/mol. The number of nitriles is 1. The minimum atomic E-state index is -5.08. The SMILES string of the molecule is N#Cc1ccc2[nH]cc(CN3CCC4(COCc5cnc(NC6CC6)nc54)C3)c2c1.O=C(O)C(F)(F)F. The summed E-state index contributed by atoms with van der Waals surface area (Å²) in [7, 11) is 0. The maximum Gasteiger partial charge on any atom is 0.490 e. The largest absolute Gasteiger partial charge is 0.490 e. The van der Waals surface area contributed by atoms with E-state index in [1.54, 1.807) is 0 Å². The Balaban J connectivity index is 0.000000355. The van der Waals surface area contributed by atoms with Gasteiger partial charge in [-0.1, -0.05) is 0 Å². The van der Waals surface area contributed by atoms with Gasteiger partial charge in [-0.05, 0) is 49.6 Å². The highest BCUT2D eigenvalue weighted by Crippen LogP contribution is 2.40. The Labute approximate surface area is 210 Å². The maximum atomic E-state index is 10.6. The molecule has 0 radical (unpaired) electrons. The van der Waals surface area contributed by atoms with E-state index in [4.69, 9.17) is 19.6 Å². The second-order valence-electron chi connectivity index (χ2n) is 9.71. The van der Waals surface area contributed by atoms with Gasteiger partial charge in [0.1, 0.15) is 0 Å². The van der Waals surface area contributed by atoms with Crippen LogP contribution < -0.4 is 5.32 Å². The van der Waals surface area contributed by atoms with Crippen molar-refractivity contribution in [1.29, 1.82) is 5.26 Å². The Morgan fingerprint density at radius 1 is 1.38 bits per heavy atom. The number of hydrogen-bond acceptors (Lipinski definition) is 7. The van der Waals surface area contributed by atoms with Gasteiger partial charge in [-0.3, -0.25) is 4.90 Å². The second-order valence-corrected chi connectivity index (χ2v) is 9.71. The van der Waals surface area contributed by atoms with Crippen molar-refractivity contribution >= 4 is 22.8 Å². The van der Waals surface area contributed by atoms with E-state index >= 15 is 0 Å². The first-order chi connectivity index (χ1) is 17.7. The van der Waals surface area contributed by atoms with Crippen molar-refractivity contribution in [2.24, 2.45) is 0 Å². The molecule has 37 heavy (non-hydrogen) atoms. The van der Waals surface area contributed by atoms with Crippen molar-refractivity contribution in [3.63, 3.8) is 0 Å². The van der Waals surface area contributed by atoms with Crippen molar-refractivity contribution in [3.8, 4) is 6.07 Å². The van der Waals surface area contributed by atoms with Gasteiger partial charge in [0, 0.05) is 48.0 Å². The first-order valence-electron chi connectivity index (χ1n) is 11.9. The predicted octanol–water partition coefficient (Wildman–Crippen LogP) is 3.71. The summed E-state index contributed by atoms with van der Waals surface area (Å²) in [6.45, 7) is 4.08. The number of aliphatic carboxylic acids is 1. The van der Waals surface area contributed by atoms with Crippen molar-refractivity contribution in [3.05, 3.63) is 53.0 Å². The van der Waals surface area contributed by atoms with Gasteiger partial charge in [-0.15, -0.1) is 0 Å². The molecular formula is C25H25F3N6O3. The lowest BCUT2D eigenvalue weighted by atomic mass is 9.80. The van der Waals surface area contributed by atoms with Crippen LogP contribution in [0.15, 0.2) is 30.6 Å². The van der Waals surface area contributed by atoms with Crippen molar-refractivity contribution in [2.45, 2.75) is 50.0 Å². The number of ether oxygens (including phenoxy) is 1. The first kappa shape index (κ1) is 25.0. The highest BCUT2D eigenvalue weighted by molar-refractivity contribution is 5.84. The number of fused-ring (bicyclic) bond motifs is 3. The molecule has 3 N–H and O–H groups in total. The molecule has 0 bridgehead atoms. The fraction of sp³-hybridized carbons (Fsp3) is 0.440. The van der Waals surface area contributed by atoms with Crippen molar-refractivity contribution < 1.29 is 27.8 Å². The monoisotopic (exact) mass is 514 g/mol. The van der Waals surface area contributed by atoms with Crippen LogP contribution in [-0.2, 0) is 28.1 Å². The molecule has 2 aliphatic heterocycles. The minimum Gasteiger partial charge on any atom is -0.475 e. The lowest BCUT2D eigenvalue weighted by Crippen LogP contribution is -2.40. The van der Waals surface area contributed by atoms with Crippen LogP contribution in [-0.4, -0.2) is 62.8 Å². The van der Waals surface area contributed by atoms with E-state index in [1.807, 2.05) is 24.4 Å². The van der Waals surface area contributed by atoms with Crippen LogP contribution in [0, 0.1) is 11.3 Å². The first-order valence-corrected chi connectivity index (χ1v) is 11.9. The number of aromatic nitrogens is 3. The maximum absolute atomic E-state index is 10.6. The zero-order valence-corrected chi connectivity index (χ0v) is 19.8. The molecule has 2 aromatic heterocycles. The molecule has 0 amide bonds. The average Bonchev–Trinajstić information content (AvgIpc) is 3.47. The molecule has 1 aromatic carbocycles. The number of benzene rings is 1. The van der Waals surface area contributed by atoms with Gasteiger partial charge in [-0.25, -0.2) is 14.8 Å².